The third-order valence-electron chi connectivity index (χ3n) is 4.75. The smallest absolute Gasteiger partial charge is 0.279 e. The topological polar surface area (TPSA) is 129 Å². The summed E-state index contributed by atoms with van der Waals surface area (Å²) >= 11 is 0. The van der Waals surface area contributed by atoms with E-state index >= 15 is 0 Å². The van der Waals surface area contributed by atoms with Gasteiger partial charge in [-0.2, -0.15) is 0 Å². The Labute approximate surface area is 188 Å². The number of carbonyl (C=O) groups is 2. The zero-order valence-electron chi connectivity index (χ0n) is 18.2. The first-order chi connectivity index (χ1) is 16.0. The minimum atomic E-state index is -0.864. The molecule has 3 heterocycles. The molecule has 4 aromatic rings. The van der Waals surface area contributed by atoms with Crippen LogP contribution in [0.1, 0.15) is 29.9 Å². The number of carbonyl (C=O) groups excluding carboxylic acids is 2. The maximum Gasteiger partial charge on any atom is 0.279 e. The molecule has 170 valence electrons. The molecule has 1 atom stereocenters. The van der Waals surface area contributed by atoms with Gasteiger partial charge in [-0.25, -0.2) is 4.98 Å². The molecular weight excluding hydrogens is 428 g/mol. The van der Waals surface area contributed by atoms with E-state index in [0.29, 0.717) is 40.6 Å². The van der Waals surface area contributed by atoms with Crippen LogP contribution in [0.15, 0.2) is 57.7 Å². The fourth-order valence-electron chi connectivity index (χ4n) is 3.15. The van der Waals surface area contributed by atoms with Crippen molar-refractivity contribution in [2.75, 3.05) is 6.61 Å². The number of aryl methyl sites for hydroxylation is 1. The number of hydrogen-bond acceptors (Lipinski definition) is 8. The molecule has 33 heavy (non-hydrogen) atoms. The molecule has 0 saturated heterocycles. The van der Waals surface area contributed by atoms with Gasteiger partial charge in [0.05, 0.1) is 29.5 Å². The second kappa shape index (κ2) is 9.43. The first kappa shape index (κ1) is 21.9. The summed E-state index contributed by atoms with van der Waals surface area (Å²) in [6, 6.07) is 11.9. The van der Waals surface area contributed by atoms with Gasteiger partial charge < -0.3 is 18.4 Å². The van der Waals surface area contributed by atoms with Crippen molar-refractivity contribution in [2.24, 2.45) is 0 Å². The van der Waals surface area contributed by atoms with Crippen LogP contribution in [0.5, 0.6) is 11.5 Å². The predicted octanol–water partition coefficient (Wildman–Crippen LogP) is 3.42. The van der Waals surface area contributed by atoms with Gasteiger partial charge in [0.15, 0.2) is 11.9 Å². The van der Waals surface area contributed by atoms with Crippen LogP contribution in [0, 0.1) is 6.92 Å². The number of amides is 2. The number of hydrazine groups is 1. The lowest BCUT2D eigenvalue weighted by Crippen LogP contribution is -2.47. The van der Waals surface area contributed by atoms with E-state index < -0.39 is 17.9 Å². The lowest BCUT2D eigenvalue weighted by molar-refractivity contribution is -0.128. The molecular formula is C23H22N4O6. The zero-order chi connectivity index (χ0) is 23.4. The second-order valence-electron chi connectivity index (χ2n) is 7.09. The molecule has 0 aliphatic rings. The van der Waals surface area contributed by atoms with Gasteiger partial charge in [-0.3, -0.25) is 20.4 Å². The molecule has 2 N–H and O–H groups in total. The molecule has 1 aromatic carbocycles. The molecule has 10 nitrogen and oxygen atoms in total. The number of ether oxygens (including phenoxy) is 2. The van der Waals surface area contributed by atoms with Gasteiger partial charge in [0, 0.05) is 0 Å². The first-order valence-corrected chi connectivity index (χ1v) is 10.3. The maximum absolute atomic E-state index is 12.9. The quantitative estimate of drug-likeness (QED) is 0.410. The van der Waals surface area contributed by atoms with Crippen molar-refractivity contribution in [1.82, 2.24) is 21.0 Å². The highest BCUT2D eigenvalue weighted by Crippen LogP contribution is 2.27. The van der Waals surface area contributed by atoms with Crippen LogP contribution in [0.3, 0.4) is 0 Å². The second-order valence-corrected chi connectivity index (χ2v) is 7.09. The first-order valence-electron chi connectivity index (χ1n) is 10.3. The molecule has 0 saturated carbocycles. The molecule has 2 amide bonds. The summed E-state index contributed by atoms with van der Waals surface area (Å²) in [5, 5.41) is 4.33. The van der Waals surface area contributed by atoms with Gasteiger partial charge in [-0.05, 0) is 63.2 Å². The van der Waals surface area contributed by atoms with E-state index in [1.165, 1.54) is 6.26 Å². The van der Waals surface area contributed by atoms with E-state index in [9.17, 15) is 9.59 Å². The highest BCUT2D eigenvalue weighted by molar-refractivity contribution is 6.07. The molecule has 0 aliphatic heterocycles. The predicted molar refractivity (Wildman–Crippen MR) is 118 cm³/mol. The number of nitrogens with one attached hydrogen (secondary N) is 2. The van der Waals surface area contributed by atoms with E-state index in [0.717, 1.165) is 0 Å². The third-order valence-corrected chi connectivity index (χ3v) is 4.75. The van der Waals surface area contributed by atoms with Crippen LogP contribution in [0.25, 0.3) is 22.6 Å². The molecule has 0 radical (unpaired) electrons. The fourth-order valence-corrected chi connectivity index (χ4v) is 3.15. The van der Waals surface area contributed by atoms with Gasteiger partial charge in [-0.1, -0.05) is 5.16 Å². The van der Waals surface area contributed by atoms with Gasteiger partial charge in [0.25, 0.3) is 17.5 Å². The van der Waals surface area contributed by atoms with Crippen molar-refractivity contribution in [3.05, 3.63) is 60.0 Å². The summed E-state index contributed by atoms with van der Waals surface area (Å²) in [5.41, 5.74) is 6.09. The minimum Gasteiger partial charge on any atom is -0.494 e. The van der Waals surface area contributed by atoms with Gasteiger partial charge >= 0.3 is 0 Å². The third kappa shape index (κ3) is 4.79. The van der Waals surface area contributed by atoms with Gasteiger partial charge in [0.2, 0.25) is 0 Å². The Hall–Kier alpha value is -4.34. The average molecular weight is 450 g/mol. The Balaban J connectivity index is 1.44. The van der Waals surface area contributed by atoms with Crippen molar-refractivity contribution in [1.29, 1.82) is 0 Å². The lowest BCUT2D eigenvalue weighted by Gasteiger charge is -2.15. The monoisotopic (exact) mass is 450 g/mol. The van der Waals surface area contributed by atoms with E-state index in [1.807, 2.05) is 6.92 Å². The summed E-state index contributed by atoms with van der Waals surface area (Å²) < 4.78 is 21.6. The average Bonchev–Trinajstić information content (AvgIpc) is 3.48. The Morgan fingerprint density at radius 3 is 2.58 bits per heavy atom. The highest BCUT2D eigenvalue weighted by atomic mass is 16.5. The summed E-state index contributed by atoms with van der Waals surface area (Å²) in [5.74, 6) is 0.558. The zero-order valence-corrected chi connectivity index (χ0v) is 18.2. The Morgan fingerprint density at radius 1 is 1.12 bits per heavy atom. The van der Waals surface area contributed by atoms with Crippen molar-refractivity contribution in [2.45, 2.75) is 26.9 Å². The number of aromatic nitrogens is 2. The number of rotatable bonds is 7. The van der Waals surface area contributed by atoms with E-state index in [2.05, 4.69) is 21.0 Å². The van der Waals surface area contributed by atoms with E-state index in [1.54, 1.807) is 56.3 Å². The normalized spacial score (nSPS) is 11.7. The molecule has 0 bridgehead atoms. The molecule has 4 rings (SSSR count). The van der Waals surface area contributed by atoms with E-state index in [-0.39, 0.29) is 11.3 Å². The maximum atomic E-state index is 12.9. The van der Waals surface area contributed by atoms with Crippen LogP contribution in [-0.4, -0.2) is 34.7 Å². The van der Waals surface area contributed by atoms with Crippen LogP contribution in [0.2, 0.25) is 0 Å². The van der Waals surface area contributed by atoms with Crippen molar-refractivity contribution in [3.63, 3.8) is 0 Å². The highest BCUT2D eigenvalue weighted by Gasteiger charge is 2.22. The Morgan fingerprint density at radius 2 is 1.88 bits per heavy atom. The van der Waals surface area contributed by atoms with Crippen molar-refractivity contribution < 1.29 is 28.0 Å². The standard InChI is InChI=1S/C23H22N4O6/c1-4-30-15-7-9-16(10-8-15)32-14(3)21(28)25-26-22(29)17-12-18(19-6-5-11-31-19)24-23-20(17)13(2)27-33-23/h5-12,14H,4H2,1-3H3,(H,25,28)(H,26,29). The number of nitrogens with zero attached hydrogens (tertiary/aromatic N) is 2. The van der Waals surface area contributed by atoms with Crippen LogP contribution in [0.4, 0.5) is 0 Å². The number of pyridine rings is 1. The largest absolute Gasteiger partial charge is 0.494 e. The van der Waals surface area contributed by atoms with Crippen LogP contribution in [-0.2, 0) is 4.79 Å². The SMILES string of the molecule is CCOc1ccc(OC(C)C(=O)NNC(=O)c2cc(-c3ccco3)nc3onc(C)c23)cc1. The Kier molecular flexibility index (Phi) is 6.25. The molecule has 1 unspecified atom stereocenters. The lowest BCUT2D eigenvalue weighted by atomic mass is 10.1. The van der Waals surface area contributed by atoms with Gasteiger partial charge in [0.1, 0.15) is 17.2 Å². The number of hydrogen-bond donors (Lipinski definition) is 2. The Bertz CT molecular complexity index is 1260. The van der Waals surface area contributed by atoms with E-state index in [4.69, 9.17) is 18.4 Å². The summed E-state index contributed by atoms with van der Waals surface area (Å²) in [6.45, 7) is 5.72. The summed E-state index contributed by atoms with van der Waals surface area (Å²) in [6.07, 6.45) is 0.634. The number of benzene rings is 1. The molecule has 10 heteroatoms. The minimum absolute atomic E-state index is 0.185. The number of furan rings is 1. The van der Waals surface area contributed by atoms with Crippen molar-refractivity contribution >= 4 is 22.9 Å². The molecule has 3 aromatic heterocycles. The van der Waals surface area contributed by atoms with Gasteiger partial charge in [-0.15, -0.1) is 0 Å². The summed E-state index contributed by atoms with van der Waals surface area (Å²) in [4.78, 5) is 29.7. The molecule has 0 spiro atoms. The number of fused-ring (bicyclic) bond motifs is 1. The molecule has 0 aliphatic carbocycles. The fraction of sp³-hybridized carbons (Fsp3) is 0.217. The van der Waals surface area contributed by atoms with Crippen molar-refractivity contribution in [3.8, 4) is 23.0 Å². The summed E-state index contributed by atoms with van der Waals surface area (Å²) in [7, 11) is 0. The molecule has 0 fully saturated rings. The van der Waals surface area contributed by atoms with Crippen LogP contribution < -0.4 is 20.3 Å². The van der Waals surface area contributed by atoms with Crippen LogP contribution >= 0.6 is 0 Å².